The minimum absolute atomic E-state index is 0.205. The van der Waals surface area contributed by atoms with Gasteiger partial charge in [0.2, 0.25) is 0 Å². The van der Waals surface area contributed by atoms with Crippen molar-refractivity contribution >= 4 is 55.6 Å². The first kappa shape index (κ1) is 14.3. The van der Waals surface area contributed by atoms with Gasteiger partial charge >= 0.3 is 5.97 Å². The van der Waals surface area contributed by atoms with Crippen LogP contribution in [0.3, 0.4) is 0 Å². The van der Waals surface area contributed by atoms with Crippen LogP contribution in [0.1, 0.15) is 22.2 Å². The molecular weight excluding hydrogens is 350 g/mol. The van der Waals surface area contributed by atoms with E-state index in [4.69, 9.17) is 10.5 Å². The Morgan fingerprint density at radius 2 is 2.42 bits per heavy atom. The summed E-state index contributed by atoms with van der Waals surface area (Å²) in [6.07, 6.45) is 0. The van der Waals surface area contributed by atoms with E-state index in [1.54, 1.807) is 18.3 Å². The maximum absolute atomic E-state index is 11.8. The fourth-order valence-corrected chi connectivity index (χ4v) is 3.56. The molecule has 102 valence electrons. The van der Waals surface area contributed by atoms with Crippen molar-refractivity contribution in [3.8, 4) is 0 Å². The molecule has 5 nitrogen and oxygen atoms in total. The molecule has 0 amide bonds. The first-order valence-corrected chi connectivity index (χ1v) is 7.96. The van der Waals surface area contributed by atoms with Crippen LogP contribution in [-0.2, 0) is 11.3 Å². The molecule has 3 N–H and O–H groups in total. The Labute approximate surface area is 127 Å². The predicted octanol–water partition coefficient (Wildman–Crippen LogP) is 3.34. The summed E-state index contributed by atoms with van der Waals surface area (Å²) in [5.41, 5.74) is 6.02. The van der Waals surface area contributed by atoms with Crippen LogP contribution >= 0.6 is 38.8 Å². The average molecular weight is 362 g/mol. The van der Waals surface area contributed by atoms with Gasteiger partial charge in [-0.2, -0.15) is 4.37 Å². The van der Waals surface area contributed by atoms with E-state index >= 15 is 0 Å². The molecule has 0 saturated carbocycles. The number of esters is 1. The van der Waals surface area contributed by atoms with Crippen LogP contribution in [-0.4, -0.2) is 16.9 Å². The quantitative estimate of drug-likeness (QED) is 0.798. The smallest absolute Gasteiger partial charge is 0.344 e. The van der Waals surface area contributed by atoms with E-state index in [0.29, 0.717) is 23.7 Å². The molecule has 2 aromatic heterocycles. The van der Waals surface area contributed by atoms with Gasteiger partial charge in [0.1, 0.15) is 10.6 Å². The highest BCUT2D eigenvalue weighted by Gasteiger charge is 2.20. The van der Waals surface area contributed by atoms with Crippen LogP contribution in [0.4, 0.5) is 10.8 Å². The summed E-state index contributed by atoms with van der Waals surface area (Å²) in [6, 6.07) is 1.98. The molecule has 0 spiro atoms. The van der Waals surface area contributed by atoms with Crippen molar-refractivity contribution < 1.29 is 9.53 Å². The maximum Gasteiger partial charge on any atom is 0.344 e. The molecule has 8 heteroatoms. The second-order valence-electron chi connectivity index (χ2n) is 3.54. The van der Waals surface area contributed by atoms with Crippen LogP contribution in [0.15, 0.2) is 15.9 Å². The molecular formula is C11H12BrN3O2S2. The number of carbonyl (C=O) groups excluding carboxylic acids is 1. The molecule has 19 heavy (non-hydrogen) atoms. The van der Waals surface area contributed by atoms with Crippen molar-refractivity contribution in [2.45, 2.75) is 13.5 Å². The number of rotatable bonds is 5. The molecule has 0 aliphatic heterocycles. The molecule has 0 aromatic carbocycles. The van der Waals surface area contributed by atoms with E-state index in [0.717, 1.165) is 20.9 Å². The Morgan fingerprint density at radius 1 is 1.63 bits per heavy atom. The first-order valence-electron chi connectivity index (χ1n) is 5.51. The number of carbonyl (C=O) groups is 1. The third kappa shape index (κ3) is 3.26. The van der Waals surface area contributed by atoms with E-state index < -0.39 is 5.97 Å². The highest BCUT2D eigenvalue weighted by Crippen LogP contribution is 2.30. The van der Waals surface area contributed by atoms with Crippen LogP contribution in [0.2, 0.25) is 0 Å². The molecule has 0 bridgehead atoms. The van der Waals surface area contributed by atoms with Crippen molar-refractivity contribution in [1.29, 1.82) is 0 Å². The fourth-order valence-electron chi connectivity index (χ4n) is 1.44. The highest BCUT2D eigenvalue weighted by molar-refractivity contribution is 9.10. The van der Waals surface area contributed by atoms with E-state index in [1.165, 1.54) is 0 Å². The van der Waals surface area contributed by atoms with Crippen molar-refractivity contribution in [1.82, 2.24) is 4.37 Å². The molecule has 0 fully saturated rings. The minimum Gasteiger partial charge on any atom is -0.462 e. The zero-order valence-corrected chi connectivity index (χ0v) is 13.3. The number of halogens is 1. The van der Waals surface area contributed by atoms with Crippen LogP contribution in [0.25, 0.3) is 0 Å². The monoisotopic (exact) mass is 361 g/mol. The molecule has 0 radical (unpaired) electrons. The summed E-state index contributed by atoms with van der Waals surface area (Å²) in [4.78, 5) is 12.9. The van der Waals surface area contributed by atoms with Gasteiger partial charge in [-0.1, -0.05) is 0 Å². The highest BCUT2D eigenvalue weighted by atomic mass is 79.9. The lowest BCUT2D eigenvalue weighted by molar-refractivity contribution is 0.0529. The zero-order valence-electron chi connectivity index (χ0n) is 10.1. The van der Waals surface area contributed by atoms with Crippen molar-refractivity contribution in [3.63, 3.8) is 0 Å². The summed E-state index contributed by atoms with van der Waals surface area (Å²) in [5.74, 6) is -0.238. The Morgan fingerprint density at radius 3 is 3.05 bits per heavy atom. The summed E-state index contributed by atoms with van der Waals surface area (Å²) in [5, 5.41) is 5.80. The number of nitrogens with zero attached hydrogens (tertiary/aromatic N) is 1. The van der Waals surface area contributed by atoms with Gasteiger partial charge in [0.25, 0.3) is 0 Å². The van der Waals surface area contributed by atoms with Crippen molar-refractivity contribution in [2.24, 2.45) is 0 Å². The maximum atomic E-state index is 11.8. The zero-order chi connectivity index (χ0) is 13.8. The van der Waals surface area contributed by atoms with Gasteiger partial charge in [0, 0.05) is 9.35 Å². The number of anilines is 2. The molecule has 2 heterocycles. The number of hydrogen-bond donors (Lipinski definition) is 2. The topological polar surface area (TPSA) is 77.2 Å². The van der Waals surface area contributed by atoms with E-state index in [-0.39, 0.29) is 5.82 Å². The summed E-state index contributed by atoms with van der Waals surface area (Å²) >= 11 is 6.25. The van der Waals surface area contributed by atoms with Crippen LogP contribution in [0.5, 0.6) is 0 Å². The van der Waals surface area contributed by atoms with Gasteiger partial charge in [0.15, 0.2) is 5.82 Å². The summed E-state index contributed by atoms with van der Waals surface area (Å²) < 4.78 is 10.0. The standard InChI is InChI=1S/C11H12BrN3O2S2/c1-2-17-11(16)8-9(13)15-19-10(8)14-5-7-6(12)3-4-18-7/h3-4,14H,2,5H2,1H3,(H2,13,15). The Kier molecular flexibility index (Phi) is 4.78. The third-order valence-electron chi connectivity index (χ3n) is 2.30. The lowest BCUT2D eigenvalue weighted by atomic mass is 10.3. The third-order valence-corrected chi connectivity index (χ3v) is 5.04. The first-order chi connectivity index (χ1) is 9.13. The van der Waals surface area contributed by atoms with Crippen LogP contribution < -0.4 is 11.1 Å². The molecule has 2 rings (SSSR count). The van der Waals surface area contributed by atoms with Gasteiger partial charge in [-0.05, 0) is 45.8 Å². The number of ether oxygens (including phenoxy) is 1. The largest absolute Gasteiger partial charge is 0.462 e. The minimum atomic E-state index is -0.443. The van der Waals surface area contributed by atoms with Crippen LogP contribution in [0, 0.1) is 0 Å². The number of nitrogen functional groups attached to an aromatic ring is 1. The van der Waals surface area contributed by atoms with Crippen molar-refractivity contribution in [2.75, 3.05) is 17.7 Å². The second-order valence-corrected chi connectivity index (χ2v) is 6.17. The van der Waals surface area contributed by atoms with Crippen molar-refractivity contribution in [3.05, 3.63) is 26.4 Å². The van der Waals surface area contributed by atoms with E-state index in [2.05, 4.69) is 25.6 Å². The molecule has 2 aromatic rings. The van der Waals surface area contributed by atoms with Gasteiger partial charge < -0.3 is 15.8 Å². The lowest BCUT2D eigenvalue weighted by Crippen LogP contribution is -2.09. The predicted molar refractivity (Wildman–Crippen MR) is 81.8 cm³/mol. The van der Waals surface area contributed by atoms with E-state index in [9.17, 15) is 4.79 Å². The van der Waals surface area contributed by atoms with E-state index in [1.807, 2.05) is 11.4 Å². The Balaban J connectivity index is 2.13. The number of nitrogens with two attached hydrogens (primary N) is 1. The second kappa shape index (κ2) is 6.36. The normalized spacial score (nSPS) is 10.4. The van der Waals surface area contributed by atoms with Gasteiger partial charge in [-0.15, -0.1) is 11.3 Å². The molecule has 0 atom stereocenters. The molecule has 0 unspecified atom stereocenters. The molecule has 0 aliphatic carbocycles. The fraction of sp³-hybridized carbons (Fsp3) is 0.273. The summed E-state index contributed by atoms with van der Waals surface area (Å²) in [7, 11) is 0. The Bertz CT molecular complexity index is 582. The molecule has 0 saturated heterocycles. The average Bonchev–Trinajstić information content (AvgIpc) is 2.93. The van der Waals surface area contributed by atoms with Gasteiger partial charge in [-0.3, -0.25) is 0 Å². The van der Waals surface area contributed by atoms with Gasteiger partial charge in [0.05, 0.1) is 13.2 Å². The van der Waals surface area contributed by atoms with Gasteiger partial charge in [-0.25, -0.2) is 4.79 Å². The lowest BCUT2D eigenvalue weighted by Gasteiger charge is -2.06. The SMILES string of the molecule is CCOC(=O)c1c(N)nsc1NCc1sccc1Br. The number of nitrogens with one attached hydrogen (secondary N) is 1. The Hall–Kier alpha value is -1.12. The number of thiophene rings is 1. The number of aromatic nitrogens is 1. The number of hydrogen-bond acceptors (Lipinski definition) is 7. The molecule has 0 aliphatic rings. The summed E-state index contributed by atoms with van der Waals surface area (Å²) in [6.45, 7) is 2.67.